The minimum Gasteiger partial charge on any atom is -0.355 e. The van der Waals surface area contributed by atoms with E-state index in [1.54, 1.807) is 6.20 Å². The molecule has 0 atom stereocenters. The number of pyridine rings is 1. The number of hydrazine groups is 1. The summed E-state index contributed by atoms with van der Waals surface area (Å²) in [5.74, 6) is 5.95. The molecule has 0 aliphatic rings. The van der Waals surface area contributed by atoms with Crippen LogP contribution in [0.4, 0.5) is 17.2 Å². The van der Waals surface area contributed by atoms with E-state index in [4.69, 9.17) is 5.84 Å². The van der Waals surface area contributed by atoms with E-state index in [1.165, 1.54) is 0 Å². The summed E-state index contributed by atoms with van der Waals surface area (Å²) in [7, 11) is 0. The van der Waals surface area contributed by atoms with E-state index in [0.29, 0.717) is 5.82 Å². The fraction of sp³-hybridized carbons (Fsp3) is 0.0833. The normalized spacial score (nSPS) is 10.1. The molecule has 0 spiro atoms. The van der Waals surface area contributed by atoms with Crippen LogP contribution >= 0.6 is 15.9 Å². The summed E-state index contributed by atoms with van der Waals surface area (Å²) in [5, 5.41) is 3.32. The van der Waals surface area contributed by atoms with E-state index >= 15 is 0 Å². The number of hydrogen-bond acceptors (Lipinski definition) is 4. The summed E-state index contributed by atoms with van der Waals surface area (Å²) in [6, 6.07) is 9.76. The lowest BCUT2D eigenvalue weighted by molar-refractivity contribution is 1.23. The number of halogens is 1. The first-order valence-electron chi connectivity index (χ1n) is 5.15. The van der Waals surface area contributed by atoms with Crippen LogP contribution < -0.4 is 16.6 Å². The van der Waals surface area contributed by atoms with Crippen molar-refractivity contribution in [1.29, 1.82) is 0 Å². The van der Waals surface area contributed by atoms with E-state index in [1.807, 2.05) is 30.3 Å². The van der Waals surface area contributed by atoms with Gasteiger partial charge in [-0.1, -0.05) is 22.0 Å². The molecule has 1 heterocycles. The predicted molar refractivity (Wildman–Crippen MR) is 74.2 cm³/mol. The van der Waals surface area contributed by atoms with Crippen molar-refractivity contribution in [2.45, 2.75) is 6.92 Å². The standard InChI is InChI=1S/C12H13BrN4/c1-8-10(13)3-2-4-11(8)16-9-5-6-15-12(7-9)17-14/h2-7H,14H2,1H3,(H2,15,16,17). The lowest BCUT2D eigenvalue weighted by Gasteiger charge is -2.11. The molecule has 1 aromatic carbocycles. The van der Waals surface area contributed by atoms with Gasteiger partial charge in [0.05, 0.1) is 0 Å². The number of nitrogens with zero attached hydrogens (tertiary/aromatic N) is 1. The van der Waals surface area contributed by atoms with Gasteiger partial charge in [0.15, 0.2) is 0 Å². The molecule has 4 N–H and O–H groups in total. The van der Waals surface area contributed by atoms with Gasteiger partial charge in [-0.3, -0.25) is 0 Å². The summed E-state index contributed by atoms with van der Waals surface area (Å²) in [6.45, 7) is 2.05. The second-order valence-electron chi connectivity index (χ2n) is 3.61. The molecule has 17 heavy (non-hydrogen) atoms. The molecule has 0 saturated carbocycles. The minimum absolute atomic E-state index is 0.627. The van der Waals surface area contributed by atoms with Gasteiger partial charge in [-0.05, 0) is 30.7 Å². The van der Waals surface area contributed by atoms with Crippen LogP contribution in [-0.2, 0) is 0 Å². The number of nitrogens with two attached hydrogens (primary N) is 1. The minimum atomic E-state index is 0.627. The molecule has 0 bridgehead atoms. The first-order chi connectivity index (χ1) is 8.20. The lowest BCUT2D eigenvalue weighted by atomic mass is 10.2. The monoisotopic (exact) mass is 292 g/mol. The second kappa shape index (κ2) is 5.16. The Morgan fingerprint density at radius 1 is 1.29 bits per heavy atom. The van der Waals surface area contributed by atoms with Crippen molar-refractivity contribution in [1.82, 2.24) is 4.98 Å². The Morgan fingerprint density at radius 3 is 2.88 bits per heavy atom. The van der Waals surface area contributed by atoms with Crippen molar-refractivity contribution in [2.75, 3.05) is 10.7 Å². The molecule has 0 aliphatic carbocycles. The largest absolute Gasteiger partial charge is 0.355 e. The molecule has 1 aromatic heterocycles. The van der Waals surface area contributed by atoms with E-state index in [-0.39, 0.29) is 0 Å². The topological polar surface area (TPSA) is 63.0 Å². The molecule has 0 saturated heterocycles. The van der Waals surface area contributed by atoms with Gasteiger partial charge in [0.2, 0.25) is 0 Å². The average Bonchev–Trinajstić information content (AvgIpc) is 2.35. The zero-order chi connectivity index (χ0) is 12.3. The second-order valence-corrected chi connectivity index (χ2v) is 4.47. The van der Waals surface area contributed by atoms with Crippen LogP contribution in [0.15, 0.2) is 41.0 Å². The van der Waals surface area contributed by atoms with E-state index < -0.39 is 0 Å². The predicted octanol–water partition coefficient (Wildman–Crippen LogP) is 3.18. The first-order valence-corrected chi connectivity index (χ1v) is 5.95. The Morgan fingerprint density at radius 2 is 2.12 bits per heavy atom. The number of hydrogen-bond donors (Lipinski definition) is 3. The summed E-state index contributed by atoms with van der Waals surface area (Å²) < 4.78 is 1.08. The number of aromatic nitrogens is 1. The molecule has 0 radical (unpaired) electrons. The molecule has 0 amide bonds. The Bertz CT molecular complexity index is 528. The third-order valence-corrected chi connectivity index (χ3v) is 3.31. The van der Waals surface area contributed by atoms with Gasteiger partial charge < -0.3 is 10.7 Å². The molecule has 0 aliphatic heterocycles. The zero-order valence-corrected chi connectivity index (χ0v) is 11.0. The van der Waals surface area contributed by atoms with Crippen LogP contribution in [0.2, 0.25) is 0 Å². The first kappa shape index (κ1) is 11.9. The van der Waals surface area contributed by atoms with Gasteiger partial charge in [0.25, 0.3) is 0 Å². The quantitative estimate of drug-likeness (QED) is 0.601. The Labute approximate surface area is 108 Å². The van der Waals surface area contributed by atoms with E-state index in [2.05, 4.69) is 38.6 Å². The van der Waals surface area contributed by atoms with Crippen molar-refractivity contribution in [3.05, 3.63) is 46.6 Å². The Hall–Kier alpha value is -1.59. The SMILES string of the molecule is Cc1c(Br)cccc1Nc1ccnc(NN)c1. The van der Waals surface area contributed by atoms with Crippen molar-refractivity contribution in [3.8, 4) is 0 Å². The average molecular weight is 293 g/mol. The van der Waals surface area contributed by atoms with Gasteiger partial charge in [-0.2, -0.15) is 0 Å². The summed E-state index contributed by atoms with van der Waals surface area (Å²) >= 11 is 3.50. The Kier molecular flexibility index (Phi) is 3.61. The number of rotatable bonds is 3. The smallest absolute Gasteiger partial charge is 0.141 e. The third kappa shape index (κ3) is 2.75. The van der Waals surface area contributed by atoms with Gasteiger partial charge in [0.1, 0.15) is 5.82 Å². The maximum atomic E-state index is 5.32. The maximum absolute atomic E-state index is 5.32. The summed E-state index contributed by atoms with van der Waals surface area (Å²) in [4.78, 5) is 4.05. The van der Waals surface area contributed by atoms with Crippen molar-refractivity contribution in [3.63, 3.8) is 0 Å². The van der Waals surface area contributed by atoms with Crippen LogP contribution in [0.25, 0.3) is 0 Å². The van der Waals surface area contributed by atoms with E-state index in [9.17, 15) is 0 Å². The fourth-order valence-corrected chi connectivity index (χ4v) is 1.85. The van der Waals surface area contributed by atoms with Crippen LogP contribution in [0, 0.1) is 6.92 Å². The van der Waals surface area contributed by atoms with Crippen molar-refractivity contribution in [2.24, 2.45) is 5.84 Å². The van der Waals surface area contributed by atoms with Crippen LogP contribution in [0.5, 0.6) is 0 Å². The number of nitrogen functional groups attached to an aromatic ring is 1. The van der Waals surface area contributed by atoms with E-state index in [0.717, 1.165) is 21.4 Å². The molecular weight excluding hydrogens is 280 g/mol. The number of benzene rings is 1. The highest BCUT2D eigenvalue weighted by Crippen LogP contribution is 2.26. The maximum Gasteiger partial charge on any atom is 0.141 e. The fourth-order valence-electron chi connectivity index (χ4n) is 1.49. The van der Waals surface area contributed by atoms with Gasteiger partial charge in [0, 0.05) is 28.1 Å². The molecular formula is C12H13BrN4. The molecule has 2 aromatic rings. The van der Waals surface area contributed by atoms with Gasteiger partial charge >= 0.3 is 0 Å². The van der Waals surface area contributed by atoms with Gasteiger partial charge in [-0.15, -0.1) is 0 Å². The highest BCUT2D eigenvalue weighted by Gasteiger charge is 2.02. The molecule has 2 rings (SSSR count). The highest BCUT2D eigenvalue weighted by atomic mass is 79.9. The molecule has 88 valence electrons. The lowest BCUT2D eigenvalue weighted by Crippen LogP contribution is -2.08. The number of nitrogens with one attached hydrogen (secondary N) is 2. The Balaban J connectivity index is 2.28. The van der Waals surface area contributed by atoms with Crippen LogP contribution in [0.1, 0.15) is 5.56 Å². The third-order valence-electron chi connectivity index (χ3n) is 2.45. The molecule has 0 unspecified atom stereocenters. The summed E-state index contributed by atoms with van der Waals surface area (Å²) in [5.41, 5.74) is 5.67. The number of anilines is 3. The zero-order valence-electron chi connectivity index (χ0n) is 9.37. The summed E-state index contributed by atoms with van der Waals surface area (Å²) in [6.07, 6.45) is 1.70. The van der Waals surface area contributed by atoms with Gasteiger partial charge in [-0.25, -0.2) is 10.8 Å². The van der Waals surface area contributed by atoms with Crippen LogP contribution in [-0.4, -0.2) is 4.98 Å². The van der Waals surface area contributed by atoms with Crippen molar-refractivity contribution < 1.29 is 0 Å². The van der Waals surface area contributed by atoms with Crippen LogP contribution in [0.3, 0.4) is 0 Å². The highest BCUT2D eigenvalue weighted by molar-refractivity contribution is 9.10. The molecule has 0 fully saturated rings. The molecule has 4 nitrogen and oxygen atoms in total. The van der Waals surface area contributed by atoms with Crippen molar-refractivity contribution >= 4 is 33.1 Å². The molecule has 5 heteroatoms.